The molecule has 0 bridgehead atoms. The number of aromatic nitrogens is 3. The second-order valence-electron chi connectivity index (χ2n) is 10.5. The van der Waals surface area contributed by atoms with E-state index in [4.69, 9.17) is 16.2 Å². The van der Waals surface area contributed by atoms with Crippen molar-refractivity contribution in [2.45, 2.75) is 60.8 Å². The van der Waals surface area contributed by atoms with Crippen LogP contribution in [0.15, 0.2) is 52.5 Å². The fraction of sp³-hybridized carbons (Fsp3) is 0.429. The molecule has 1 aliphatic heterocycles. The van der Waals surface area contributed by atoms with Crippen LogP contribution in [-0.4, -0.2) is 47.1 Å². The fourth-order valence-electron chi connectivity index (χ4n) is 5.68. The van der Waals surface area contributed by atoms with Gasteiger partial charge < -0.3 is 26.4 Å². The van der Waals surface area contributed by atoms with Crippen LogP contribution in [0.25, 0.3) is 0 Å². The summed E-state index contributed by atoms with van der Waals surface area (Å²) in [5.41, 5.74) is 11.9. The van der Waals surface area contributed by atoms with E-state index in [9.17, 15) is 18.0 Å². The highest BCUT2D eigenvalue weighted by Crippen LogP contribution is 2.50. The smallest absolute Gasteiger partial charge is 0.434 e. The molecule has 3 aromatic rings. The molecule has 1 aliphatic carbocycles. The summed E-state index contributed by atoms with van der Waals surface area (Å²) < 4.78 is 45.6. The molecule has 0 radical (unpaired) electrons. The van der Waals surface area contributed by atoms with Crippen LogP contribution in [0.5, 0.6) is 5.75 Å². The lowest BCUT2D eigenvalue weighted by atomic mass is 9.59. The lowest BCUT2D eigenvalue weighted by Crippen LogP contribution is -2.58. The van der Waals surface area contributed by atoms with Gasteiger partial charge in [0.05, 0.1) is 7.11 Å². The number of nitrogens with two attached hydrogens (primary N) is 2. The maximum atomic E-state index is 13.4. The Kier molecular flexibility index (Phi) is 8.02. The quantitative estimate of drug-likeness (QED) is 0.339. The van der Waals surface area contributed by atoms with E-state index in [1.165, 1.54) is 17.7 Å². The number of benzene rings is 1. The van der Waals surface area contributed by atoms with E-state index in [-0.39, 0.29) is 38.7 Å². The first-order valence-corrected chi connectivity index (χ1v) is 14.1. The summed E-state index contributed by atoms with van der Waals surface area (Å²) in [5, 5.41) is 3.76. The van der Waals surface area contributed by atoms with Crippen molar-refractivity contribution in [2.75, 3.05) is 30.8 Å². The molecule has 2 atom stereocenters. The van der Waals surface area contributed by atoms with Crippen molar-refractivity contribution in [3.8, 4) is 5.75 Å². The summed E-state index contributed by atoms with van der Waals surface area (Å²) in [6.45, 7) is 3.40. The molecule has 9 nitrogen and oxygen atoms in total. The second kappa shape index (κ2) is 11.4. The number of piperidine rings is 1. The number of primary amides is 1. The minimum atomic E-state index is -4.66. The van der Waals surface area contributed by atoms with Crippen molar-refractivity contribution in [3.05, 3.63) is 59.5 Å². The average Bonchev–Trinajstić information content (AvgIpc) is 2.95. The van der Waals surface area contributed by atoms with E-state index in [1.807, 2.05) is 17.0 Å². The van der Waals surface area contributed by atoms with E-state index in [0.717, 1.165) is 37.6 Å². The number of amides is 1. The van der Waals surface area contributed by atoms with Crippen molar-refractivity contribution in [3.63, 3.8) is 0 Å². The van der Waals surface area contributed by atoms with Crippen LogP contribution < -0.4 is 26.4 Å². The van der Waals surface area contributed by atoms with Crippen molar-refractivity contribution >= 4 is 29.3 Å². The van der Waals surface area contributed by atoms with Crippen LogP contribution in [0.1, 0.15) is 60.4 Å². The van der Waals surface area contributed by atoms with Crippen LogP contribution in [0.3, 0.4) is 0 Å². The van der Waals surface area contributed by atoms with Crippen molar-refractivity contribution in [1.82, 2.24) is 20.3 Å². The van der Waals surface area contributed by atoms with Gasteiger partial charge in [0.15, 0.2) is 23.0 Å². The second-order valence-corrected chi connectivity index (χ2v) is 11.5. The highest BCUT2D eigenvalue weighted by atomic mass is 32.2. The number of pyridine rings is 1. The number of methoxy groups -OCH3 is 1. The zero-order chi connectivity index (χ0) is 29.4. The molecule has 2 aliphatic rings. The standard InChI is InChI=1S/C28H32F3N7O2S/c1-16(17-5-7-18(40-2)8-6-17)35-20-9-10-27(20)11-14-38(15-12-27)25-21(24(33)39)36-26(23(32)37-25)41-19-4-3-13-34-22(19)28(29,30)31/h3-8,13,16,20,35H,9-12,14-15H2,1-2H3,(H2,32,37)(H2,33,39)/t16-,20-/m1/s1. The highest BCUT2D eigenvalue weighted by Gasteiger charge is 2.49. The Morgan fingerprint density at radius 2 is 1.88 bits per heavy atom. The first kappa shape index (κ1) is 28.9. The van der Waals surface area contributed by atoms with E-state index < -0.39 is 17.8 Å². The Labute approximate surface area is 240 Å². The minimum Gasteiger partial charge on any atom is -0.497 e. The largest absolute Gasteiger partial charge is 0.497 e. The number of alkyl halides is 3. The van der Waals surface area contributed by atoms with Gasteiger partial charge in [0.25, 0.3) is 5.91 Å². The maximum Gasteiger partial charge on any atom is 0.434 e. The Bertz CT molecular complexity index is 1410. The van der Waals surface area contributed by atoms with E-state index in [0.29, 0.717) is 30.9 Å². The molecule has 5 rings (SSSR count). The Balaban J connectivity index is 1.29. The fourth-order valence-corrected chi connectivity index (χ4v) is 6.59. The summed E-state index contributed by atoms with van der Waals surface area (Å²) in [7, 11) is 1.65. The van der Waals surface area contributed by atoms with E-state index >= 15 is 0 Å². The predicted octanol–water partition coefficient (Wildman–Crippen LogP) is 4.83. The molecule has 2 aromatic heterocycles. The monoisotopic (exact) mass is 587 g/mol. The molecule has 1 spiro atoms. The highest BCUT2D eigenvalue weighted by molar-refractivity contribution is 7.99. The van der Waals surface area contributed by atoms with Gasteiger partial charge in [-0.1, -0.05) is 23.9 Å². The van der Waals surface area contributed by atoms with Gasteiger partial charge in [-0.05, 0) is 67.9 Å². The molecule has 1 aromatic carbocycles. The summed E-state index contributed by atoms with van der Waals surface area (Å²) >= 11 is 0.651. The Morgan fingerprint density at radius 1 is 1.17 bits per heavy atom. The number of rotatable bonds is 8. The van der Waals surface area contributed by atoms with Gasteiger partial charge >= 0.3 is 6.18 Å². The number of halogens is 3. The number of carbonyl (C=O) groups is 1. The van der Waals surface area contributed by atoms with Gasteiger partial charge in [-0.2, -0.15) is 13.2 Å². The number of hydrogen-bond acceptors (Lipinski definition) is 9. The Morgan fingerprint density at radius 3 is 2.46 bits per heavy atom. The van der Waals surface area contributed by atoms with Gasteiger partial charge in [-0.3, -0.25) is 9.78 Å². The lowest BCUT2D eigenvalue weighted by molar-refractivity contribution is -0.143. The van der Waals surface area contributed by atoms with Crippen LogP contribution in [-0.2, 0) is 6.18 Å². The third-order valence-electron chi connectivity index (χ3n) is 8.15. The molecule has 218 valence electrons. The van der Waals surface area contributed by atoms with Gasteiger partial charge in [0.2, 0.25) is 0 Å². The van der Waals surface area contributed by atoms with Crippen molar-refractivity contribution in [1.29, 1.82) is 0 Å². The molecule has 0 unspecified atom stereocenters. The number of anilines is 2. The SMILES string of the molecule is COc1ccc([C@@H](C)N[C@@H]2CCC23CCN(c2nc(N)c(Sc4cccnc4C(F)(F)F)nc2C(N)=O)CC3)cc1. The summed E-state index contributed by atoms with van der Waals surface area (Å²) in [4.78, 5) is 26.3. The van der Waals surface area contributed by atoms with Crippen LogP contribution in [0.2, 0.25) is 0 Å². The predicted molar refractivity (Wildman–Crippen MR) is 150 cm³/mol. The topological polar surface area (TPSA) is 132 Å². The van der Waals surface area contributed by atoms with Gasteiger partial charge in [0, 0.05) is 36.3 Å². The van der Waals surface area contributed by atoms with Crippen LogP contribution in [0.4, 0.5) is 24.8 Å². The zero-order valence-corrected chi connectivity index (χ0v) is 23.6. The molecule has 1 amide bonds. The van der Waals surface area contributed by atoms with Gasteiger partial charge in [-0.15, -0.1) is 0 Å². The first-order chi connectivity index (χ1) is 19.5. The number of nitrogens with zero attached hydrogens (tertiary/aromatic N) is 4. The number of ether oxygens (including phenoxy) is 1. The third kappa shape index (κ3) is 5.91. The van der Waals surface area contributed by atoms with Crippen LogP contribution in [0, 0.1) is 5.41 Å². The molecular formula is C28H32F3N7O2S. The summed E-state index contributed by atoms with van der Waals surface area (Å²) in [6.07, 6.45) is 0.335. The van der Waals surface area contributed by atoms with Crippen molar-refractivity contribution in [2.24, 2.45) is 11.1 Å². The number of hydrogen-bond donors (Lipinski definition) is 3. The molecule has 1 saturated carbocycles. The molecule has 41 heavy (non-hydrogen) atoms. The number of carbonyl (C=O) groups excluding carboxylic acids is 1. The zero-order valence-electron chi connectivity index (χ0n) is 22.7. The third-order valence-corrected chi connectivity index (χ3v) is 9.19. The number of nitrogen functional groups attached to an aromatic ring is 1. The van der Waals surface area contributed by atoms with E-state index in [1.54, 1.807) is 7.11 Å². The summed E-state index contributed by atoms with van der Waals surface area (Å²) in [5.74, 6) is 0.172. The molecule has 13 heteroatoms. The molecule has 2 fully saturated rings. The summed E-state index contributed by atoms with van der Waals surface area (Å²) in [6, 6.07) is 11.2. The van der Waals surface area contributed by atoms with E-state index in [2.05, 4.69) is 39.3 Å². The Hall–Kier alpha value is -3.58. The van der Waals surface area contributed by atoms with Gasteiger partial charge in [0.1, 0.15) is 10.8 Å². The van der Waals surface area contributed by atoms with Gasteiger partial charge in [-0.25, -0.2) is 9.97 Å². The average molecular weight is 588 g/mol. The molecule has 1 saturated heterocycles. The minimum absolute atomic E-state index is 0.0368. The normalized spacial score (nSPS) is 19.0. The van der Waals surface area contributed by atoms with Crippen molar-refractivity contribution < 1.29 is 22.7 Å². The lowest BCUT2D eigenvalue weighted by Gasteiger charge is -2.55. The first-order valence-electron chi connectivity index (χ1n) is 13.3. The maximum absolute atomic E-state index is 13.4. The van der Waals surface area contributed by atoms with Crippen LogP contribution >= 0.6 is 11.8 Å². The number of nitrogens with one attached hydrogen (secondary N) is 1. The molecular weight excluding hydrogens is 555 g/mol. The molecule has 5 N–H and O–H groups in total. The molecule has 3 heterocycles.